The van der Waals surface area contributed by atoms with Gasteiger partial charge < -0.3 is 5.11 Å². The van der Waals surface area contributed by atoms with Crippen LogP contribution in [0, 0.1) is 9.39 Å². The zero-order valence-corrected chi connectivity index (χ0v) is 13.2. The minimum absolute atomic E-state index is 0.104. The van der Waals surface area contributed by atoms with Crippen molar-refractivity contribution in [3.63, 3.8) is 0 Å². The lowest BCUT2D eigenvalue weighted by Crippen LogP contribution is -2.16. The molecule has 0 aliphatic heterocycles. The topological polar surface area (TPSA) is 96.4 Å². The Balaban J connectivity index is 2.44. The van der Waals surface area contributed by atoms with E-state index in [1.165, 1.54) is 12.1 Å². The number of carbonyl (C=O) groups is 1. The maximum atomic E-state index is 13.0. The molecule has 0 aliphatic carbocycles. The first-order valence-electron chi connectivity index (χ1n) is 5.46. The van der Waals surface area contributed by atoms with Gasteiger partial charge in [0.15, 0.2) is 0 Å². The molecule has 6 nitrogen and oxygen atoms in total. The SMILES string of the molecule is O=C(O)c1cc(I)ccc1NS(=O)(=O)c1cncc(F)c1. The number of benzene rings is 1. The third kappa shape index (κ3) is 3.67. The van der Waals surface area contributed by atoms with Gasteiger partial charge in [-0.1, -0.05) is 0 Å². The van der Waals surface area contributed by atoms with Gasteiger partial charge in [-0.3, -0.25) is 9.71 Å². The summed E-state index contributed by atoms with van der Waals surface area (Å²) in [4.78, 5) is 14.2. The standard InChI is InChI=1S/C12H8FIN2O4S/c13-7-3-9(6-15-5-7)21(19,20)16-11-2-1-8(14)4-10(11)12(17)18/h1-6,16H,(H,17,18). The maximum Gasteiger partial charge on any atom is 0.337 e. The van der Waals surface area contributed by atoms with E-state index < -0.39 is 26.7 Å². The third-order valence-corrected chi connectivity index (χ3v) is 4.45. The Labute approximate surface area is 133 Å². The summed E-state index contributed by atoms with van der Waals surface area (Å²) >= 11 is 1.91. The number of hydrogen-bond donors (Lipinski definition) is 2. The van der Waals surface area contributed by atoms with E-state index in [9.17, 15) is 17.6 Å². The predicted octanol–water partition coefficient (Wildman–Crippen LogP) is 2.32. The smallest absolute Gasteiger partial charge is 0.337 e. The summed E-state index contributed by atoms with van der Waals surface area (Å²) in [5.74, 6) is -2.08. The van der Waals surface area contributed by atoms with Gasteiger partial charge in [-0.15, -0.1) is 0 Å². The van der Waals surface area contributed by atoms with Crippen molar-refractivity contribution in [2.24, 2.45) is 0 Å². The van der Waals surface area contributed by atoms with Crippen molar-refractivity contribution in [1.29, 1.82) is 0 Å². The summed E-state index contributed by atoms with van der Waals surface area (Å²) in [7, 11) is -4.12. The normalized spacial score (nSPS) is 11.1. The first-order chi connectivity index (χ1) is 9.79. The van der Waals surface area contributed by atoms with Crippen LogP contribution in [0.1, 0.15) is 10.4 Å². The highest BCUT2D eigenvalue weighted by Crippen LogP contribution is 2.22. The minimum Gasteiger partial charge on any atom is -0.478 e. The van der Waals surface area contributed by atoms with E-state index >= 15 is 0 Å². The number of pyridine rings is 1. The second-order valence-corrected chi connectivity index (χ2v) is 6.87. The van der Waals surface area contributed by atoms with E-state index in [1.807, 2.05) is 22.6 Å². The van der Waals surface area contributed by atoms with Gasteiger partial charge in [0.25, 0.3) is 10.0 Å². The summed E-state index contributed by atoms with van der Waals surface area (Å²) in [6, 6.07) is 5.00. The summed E-state index contributed by atoms with van der Waals surface area (Å²) in [6.07, 6.45) is 1.84. The Morgan fingerprint density at radius 3 is 2.62 bits per heavy atom. The van der Waals surface area contributed by atoms with E-state index in [4.69, 9.17) is 5.11 Å². The third-order valence-electron chi connectivity index (χ3n) is 2.45. The summed E-state index contributed by atoms with van der Waals surface area (Å²) in [5.41, 5.74) is -0.304. The van der Waals surface area contributed by atoms with Crippen LogP contribution in [0.25, 0.3) is 0 Å². The zero-order valence-electron chi connectivity index (χ0n) is 10.2. The first-order valence-corrected chi connectivity index (χ1v) is 8.02. The van der Waals surface area contributed by atoms with Crippen LogP contribution in [0.2, 0.25) is 0 Å². The van der Waals surface area contributed by atoms with Gasteiger partial charge in [0.1, 0.15) is 10.7 Å². The molecule has 21 heavy (non-hydrogen) atoms. The Bertz CT molecular complexity index is 811. The Morgan fingerprint density at radius 1 is 1.29 bits per heavy atom. The number of sulfonamides is 1. The molecule has 1 aromatic heterocycles. The predicted molar refractivity (Wildman–Crippen MR) is 81.1 cm³/mol. The van der Waals surface area contributed by atoms with Crippen molar-refractivity contribution < 1.29 is 22.7 Å². The van der Waals surface area contributed by atoms with E-state index in [0.29, 0.717) is 3.57 Å². The monoisotopic (exact) mass is 422 g/mol. The number of aromatic carboxylic acids is 1. The van der Waals surface area contributed by atoms with Crippen molar-refractivity contribution in [2.45, 2.75) is 4.90 Å². The molecule has 110 valence electrons. The van der Waals surface area contributed by atoms with Crippen molar-refractivity contribution in [3.05, 3.63) is 51.6 Å². The molecule has 0 saturated heterocycles. The molecule has 0 fully saturated rings. The molecule has 9 heteroatoms. The number of anilines is 1. The molecule has 0 bridgehead atoms. The molecule has 0 aliphatic rings. The van der Waals surface area contributed by atoms with Crippen molar-refractivity contribution in [2.75, 3.05) is 4.72 Å². The van der Waals surface area contributed by atoms with Gasteiger partial charge in [0.05, 0.1) is 17.4 Å². The van der Waals surface area contributed by atoms with E-state index in [-0.39, 0.29) is 11.3 Å². The lowest BCUT2D eigenvalue weighted by Gasteiger charge is -2.10. The molecule has 2 rings (SSSR count). The van der Waals surface area contributed by atoms with Crippen LogP contribution < -0.4 is 4.72 Å². The van der Waals surface area contributed by atoms with Gasteiger partial charge in [0, 0.05) is 9.77 Å². The number of aromatic nitrogens is 1. The highest BCUT2D eigenvalue weighted by atomic mass is 127. The molecule has 1 heterocycles. The minimum atomic E-state index is -4.12. The number of nitrogens with one attached hydrogen (secondary N) is 1. The van der Waals surface area contributed by atoms with Crippen molar-refractivity contribution in [3.8, 4) is 0 Å². The highest BCUT2D eigenvalue weighted by molar-refractivity contribution is 14.1. The van der Waals surface area contributed by atoms with Crippen molar-refractivity contribution in [1.82, 2.24) is 4.98 Å². The van der Waals surface area contributed by atoms with Crippen LogP contribution in [-0.4, -0.2) is 24.5 Å². The molecular weight excluding hydrogens is 414 g/mol. The molecule has 0 radical (unpaired) electrons. The van der Waals surface area contributed by atoms with Gasteiger partial charge >= 0.3 is 5.97 Å². The van der Waals surface area contributed by atoms with E-state index in [2.05, 4.69) is 9.71 Å². The van der Waals surface area contributed by atoms with Crippen LogP contribution in [0.3, 0.4) is 0 Å². The summed E-state index contributed by atoms with van der Waals surface area (Å²) in [6.45, 7) is 0. The van der Waals surface area contributed by atoms with Crippen LogP contribution in [0.4, 0.5) is 10.1 Å². The second kappa shape index (κ2) is 5.93. The first kappa shape index (κ1) is 15.6. The van der Waals surface area contributed by atoms with Gasteiger partial charge in [0.2, 0.25) is 0 Å². The molecule has 1 aromatic carbocycles. The highest BCUT2D eigenvalue weighted by Gasteiger charge is 2.19. The fourth-order valence-electron chi connectivity index (χ4n) is 1.53. The molecule has 0 spiro atoms. The van der Waals surface area contributed by atoms with Gasteiger partial charge in [-0.25, -0.2) is 17.6 Å². The van der Waals surface area contributed by atoms with Gasteiger partial charge in [-0.2, -0.15) is 0 Å². The molecule has 0 saturated carbocycles. The lowest BCUT2D eigenvalue weighted by atomic mass is 10.2. The lowest BCUT2D eigenvalue weighted by molar-refractivity contribution is 0.0698. The van der Waals surface area contributed by atoms with Gasteiger partial charge in [-0.05, 0) is 46.9 Å². The average Bonchev–Trinajstić information content (AvgIpc) is 2.40. The van der Waals surface area contributed by atoms with Crippen LogP contribution in [0.5, 0.6) is 0 Å². The summed E-state index contributed by atoms with van der Waals surface area (Å²) in [5, 5.41) is 9.09. The number of carboxylic acids is 1. The quantitative estimate of drug-likeness (QED) is 0.738. The molecule has 0 amide bonds. The van der Waals surface area contributed by atoms with Crippen molar-refractivity contribution >= 4 is 44.3 Å². The number of nitrogens with zero attached hydrogens (tertiary/aromatic N) is 1. The number of rotatable bonds is 4. The Hall–Kier alpha value is -1.75. The fraction of sp³-hybridized carbons (Fsp3) is 0. The van der Waals surface area contributed by atoms with Crippen LogP contribution in [0.15, 0.2) is 41.6 Å². The molecule has 2 N–H and O–H groups in total. The number of hydrogen-bond acceptors (Lipinski definition) is 4. The fourth-order valence-corrected chi connectivity index (χ4v) is 3.07. The summed E-state index contributed by atoms with van der Waals surface area (Å²) < 4.78 is 40.0. The molecule has 0 atom stereocenters. The Morgan fingerprint density at radius 2 is 2.00 bits per heavy atom. The maximum absolute atomic E-state index is 13.0. The molecular formula is C12H8FIN2O4S. The Kier molecular flexibility index (Phi) is 4.42. The zero-order chi connectivity index (χ0) is 15.6. The number of halogens is 2. The van der Waals surface area contributed by atoms with E-state index in [0.717, 1.165) is 18.5 Å². The largest absolute Gasteiger partial charge is 0.478 e. The number of carboxylic acid groups (broad SMARTS) is 1. The molecule has 2 aromatic rings. The van der Waals surface area contributed by atoms with Crippen LogP contribution in [-0.2, 0) is 10.0 Å². The molecule has 0 unspecified atom stereocenters. The second-order valence-electron chi connectivity index (χ2n) is 3.94. The van der Waals surface area contributed by atoms with E-state index in [1.54, 1.807) is 6.07 Å². The van der Waals surface area contributed by atoms with Crippen LogP contribution >= 0.6 is 22.6 Å². The average molecular weight is 422 g/mol.